The number of rotatable bonds is 4. The van der Waals surface area contributed by atoms with Crippen molar-refractivity contribution < 1.29 is 4.74 Å². The molecule has 4 saturated carbocycles. The van der Waals surface area contributed by atoms with E-state index in [4.69, 9.17) is 10.5 Å². The Morgan fingerprint density at radius 2 is 1.60 bits per heavy atom. The van der Waals surface area contributed by atoms with Crippen LogP contribution in [0.25, 0.3) is 0 Å². The van der Waals surface area contributed by atoms with Crippen LogP contribution >= 0.6 is 0 Å². The normalized spacial score (nSPS) is 38.4. The summed E-state index contributed by atoms with van der Waals surface area (Å²) in [6, 6.07) is 0. The zero-order chi connectivity index (χ0) is 13.6. The van der Waals surface area contributed by atoms with E-state index in [1.807, 2.05) is 12.4 Å². The maximum Gasteiger partial charge on any atom is 0.153 e. The van der Waals surface area contributed by atoms with Gasteiger partial charge in [-0.3, -0.25) is 0 Å². The molecular formula is C16H23N3O. The van der Waals surface area contributed by atoms with Crippen LogP contribution in [0, 0.1) is 17.8 Å². The second-order valence-corrected chi connectivity index (χ2v) is 7.10. The van der Waals surface area contributed by atoms with Crippen molar-refractivity contribution in [3.63, 3.8) is 0 Å². The lowest BCUT2D eigenvalue weighted by molar-refractivity contribution is -0.170. The van der Waals surface area contributed by atoms with Gasteiger partial charge in [0.15, 0.2) is 5.82 Å². The molecule has 4 aliphatic rings. The topological polar surface area (TPSA) is 61.0 Å². The Morgan fingerprint density at radius 3 is 2.10 bits per heavy atom. The molecule has 4 heteroatoms. The molecule has 1 aromatic heterocycles. The molecule has 0 unspecified atom stereocenters. The van der Waals surface area contributed by atoms with Crippen LogP contribution in [0.2, 0.25) is 0 Å². The van der Waals surface area contributed by atoms with Crippen molar-refractivity contribution in [1.29, 1.82) is 0 Å². The summed E-state index contributed by atoms with van der Waals surface area (Å²) in [5, 5.41) is 0. The van der Waals surface area contributed by atoms with E-state index in [1.54, 1.807) is 0 Å². The van der Waals surface area contributed by atoms with Crippen LogP contribution < -0.4 is 5.73 Å². The van der Waals surface area contributed by atoms with Gasteiger partial charge in [0.25, 0.3) is 0 Å². The highest BCUT2D eigenvalue weighted by Crippen LogP contribution is 2.57. The highest BCUT2D eigenvalue weighted by Gasteiger charge is 2.51. The van der Waals surface area contributed by atoms with Gasteiger partial charge in [0.1, 0.15) is 6.61 Å². The first-order valence-electron chi connectivity index (χ1n) is 7.88. The summed E-state index contributed by atoms with van der Waals surface area (Å²) >= 11 is 0. The fourth-order valence-corrected chi connectivity index (χ4v) is 4.99. The molecule has 0 aromatic carbocycles. The second kappa shape index (κ2) is 4.78. The fourth-order valence-electron chi connectivity index (χ4n) is 4.99. The summed E-state index contributed by atoms with van der Waals surface area (Å²) in [5.74, 6) is 3.54. The number of nitrogens with two attached hydrogens (primary N) is 1. The average Bonchev–Trinajstić information content (AvgIpc) is 2.44. The third-order valence-electron chi connectivity index (χ3n) is 5.48. The van der Waals surface area contributed by atoms with Crippen LogP contribution in [0.1, 0.15) is 49.9 Å². The molecule has 5 rings (SSSR count). The van der Waals surface area contributed by atoms with Crippen molar-refractivity contribution in [2.75, 3.05) is 0 Å². The third-order valence-corrected chi connectivity index (χ3v) is 5.48. The predicted molar refractivity (Wildman–Crippen MR) is 75.6 cm³/mol. The van der Waals surface area contributed by atoms with Crippen molar-refractivity contribution in [2.24, 2.45) is 23.5 Å². The summed E-state index contributed by atoms with van der Waals surface area (Å²) in [5.41, 5.74) is 6.68. The largest absolute Gasteiger partial charge is 0.367 e. The molecule has 20 heavy (non-hydrogen) atoms. The first-order chi connectivity index (χ1) is 9.75. The fraction of sp³-hybridized carbons (Fsp3) is 0.750. The van der Waals surface area contributed by atoms with Gasteiger partial charge in [-0.1, -0.05) is 0 Å². The van der Waals surface area contributed by atoms with Gasteiger partial charge in [0, 0.05) is 24.5 Å². The molecule has 2 N–H and O–H groups in total. The van der Waals surface area contributed by atoms with Gasteiger partial charge in [0.2, 0.25) is 0 Å². The molecular weight excluding hydrogens is 250 g/mol. The Morgan fingerprint density at radius 1 is 1.05 bits per heavy atom. The molecule has 4 aliphatic carbocycles. The molecule has 1 heterocycles. The van der Waals surface area contributed by atoms with Crippen LogP contribution in [-0.4, -0.2) is 15.6 Å². The summed E-state index contributed by atoms with van der Waals surface area (Å²) in [4.78, 5) is 8.70. The summed E-state index contributed by atoms with van der Waals surface area (Å²) in [6.07, 6.45) is 11.8. The minimum absolute atomic E-state index is 0.144. The van der Waals surface area contributed by atoms with E-state index in [2.05, 4.69) is 9.97 Å². The number of hydrogen-bond acceptors (Lipinski definition) is 4. The lowest BCUT2D eigenvalue weighted by atomic mass is 9.54. The Kier molecular flexibility index (Phi) is 3.04. The van der Waals surface area contributed by atoms with Gasteiger partial charge in [-0.15, -0.1) is 0 Å². The predicted octanol–water partition coefficient (Wildman–Crippen LogP) is 2.42. The molecule has 0 spiro atoms. The van der Waals surface area contributed by atoms with Crippen LogP contribution in [0.15, 0.2) is 12.4 Å². The number of aromatic nitrogens is 2. The third kappa shape index (κ3) is 2.25. The van der Waals surface area contributed by atoms with Gasteiger partial charge in [-0.2, -0.15) is 0 Å². The standard InChI is InChI=1S/C16H23N3O/c17-7-14-8-18-15(19-9-14)10-20-16-4-11-1-12(5-16)3-13(2-11)6-16/h8-9,11-13H,1-7,10,17H2. The van der Waals surface area contributed by atoms with Crippen molar-refractivity contribution >= 4 is 0 Å². The maximum atomic E-state index is 6.35. The Bertz CT molecular complexity index is 450. The number of hydrogen-bond donors (Lipinski definition) is 1. The molecule has 4 nitrogen and oxygen atoms in total. The Hall–Kier alpha value is -1.00. The first-order valence-corrected chi connectivity index (χ1v) is 7.88. The second-order valence-electron chi connectivity index (χ2n) is 7.10. The number of nitrogens with zero attached hydrogens (tertiary/aromatic N) is 2. The van der Waals surface area contributed by atoms with Gasteiger partial charge in [-0.05, 0) is 56.3 Å². The van der Waals surface area contributed by atoms with E-state index in [9.17, 15) is 0 Å². The molecule has 0 atom stereocenters. The van der Waals surface area contributed by atoms with E-state index >= 15 is 0 Å². The lowest BCUT2D eigenvalue weighted by Crippen LogP contribution is -2.51. The molecule has 4 bridgehead atoms. The average molecular weight is 273 g/mol. The molecule has 0 radical (unpaired) electrons. The van der Waals surface area contributed by atoms with Gasteiger partial charge in [-0.25, -0.2) is 9.97 Å². The van der Waals surface area contributed by atoms with E-state index in [-0.39, 0.29) is 5.60 Å². The quantitative estimate of drug-likeness (QED) is 0.915. The summed E-state index contributed by atoms with van der Waals surface area (Å²) < 4.78 is 6.35. The molecule has 108 valence electrons. The molecule has 0 aliphatic heterocycles. The maximum absolute atomic E-state index is 6.35. The van der Waals surface area contributed by atoms with Crippen LogP contribution in [0.5, 0.6) is 0 Å². The van der Waals surface area contributed by atoms with Gasteiger partial charge >= 0.3 is 0 Å². The summed E-state index contributed by atoms with van der Waals surface area (Å²) in [6.45, 7) is 1.05. The molecule has 0 saturated heterocycles. The molecule has 4 fully saturated rings. The van der Waals surface area contributed by atoms with Crippen LogP contribution in [0.4, 0.5) is 0 Å². The van der Waals surface area contributed by atoms with Gasteiger partial charge < -0.3 is 10.5 Å². The van der Waals surface area contributed by atoms with E-state index in [1.165, 1.54) is 38.5 Å². The van der Waals surface area contributed by atoms with Crippen molar-refractivity contribution in [2.45, 2.75) is 57.3 Å². The highest BCUT2D eigenvalue weighted by molar-refractivity contribution is 5.05. The molecule has 0 amide bonds. The zero-order valence-corrected chi connectivity index (χ0v) is 11.9. The number of ether oxygens (including phenoxy) is 1. The lowest BCUT2D eigenvalue weighted by Gasteiger charge is -2.56. The van der Waals surface area contributed by atoms with Gasteiger partial charge in [0.05, 0.1) is 5.60 Å². The minimum atomic E-state index is 0.144. The van der Waals surface area contributed by atoms with E-state index in [0.29, 0.717) is 13.2 Å². The van der Waals surface area contributed by atoms with Crippen molar-refractivity contribution in [1.82, 2.24) is 9.97 Å². The SMILES string of the molecule is NCc1cnc(COC23CC4CC(CC(C4)C2)C3)nc1. The van der Waals surface area contributed by atoms with E-state index < -0.39 is 0 Å². The Labute approximate surface area is 120 Å². The monoisotopic (exact) mass is 273 g/mol. The smallest absolute Gasteiger partial charge is 0.153 e. The van der Waals surface area contributed by atoms with E-state index in [0.717, 1.165) is 29.1 Å². The van der Waals surface area contributed by atoms with Crippen LogP contribution in [0.3, 0.4) is 0 Å². The molecule has 1 aromatic rings. The first kappa shape index (κ1) is 12.7. The Balaban J connectivity index is 1.43. The summed E-state index contributed by atoms with van der Waals surface area (Å²) in [7, 11) is 0. The van der Waals surface area contributed by atoms with Crippen molar-refractivity contribution in [3.8, 4) is 0 Å². The van der Waals surface area contributed by atoms with Crippen LogP contribution in [-0.2, 0) is 17.9 Å². The highest BCUT2D eigenvalue weighted by atomic mass is 16.5. The minimum Gasteiger partial charge on any atom is -0.367 e. The zero-order valence-electron chi connectivity index (χ0n) is 11.9. The van der Waals surface area contributed by atoms with Crippen molar-refractivity contribution in [3.05, 3.63) is 23.8 Å².